The second-order valence-electron chi connectivity index (χ2n) is 8.02. The molecule has 32 heavy (non-hydrogen) atoms. The molecule has 1 aliphatic rings. The Morgan fingerprint density at radius 2 is 2.12 bits per heavy atom. The molecule has 0 aliphatic carbocycles. The number of rotatable bonds is 9. The Bertz CT molecular complexity index is 1150. The van der Waals surface area contributed by atoms with Crippen LogP contribution >= 0.6 is 0 Å². The molecule has 0 unspecified atom stereocenters. The lowest BCUT2D eigenvalue weighted by atomic mass is 10.0. The van der Waals surface area contributed by atoms with Crippen molar-refractivity contribution in [3.63, 3.8) is 0 Å². The summed E-state index contributed by atoms with van der Waals surface area (Å²) in [5, 5.41) is 3.39. The zero-order valence-electron chi connectivity index (χ0n) is 19.2. The van der Waals surface area contributed by atoms with Crippen LogP contribution in [0.2, 0.25) is 0 Å². The molecule has 1 saturated heterocycles. The molecule has 1 aromatic heterocycles. The molecule has 2 heterocycles. The SMILES string of the molecule is C=C(C)c1cnc(-c2cccc(C(/C=N\CC)=C/C)c2)nc1NCC1CN(S(C)(=O)=O)C1. The molecule has 8 heteroatoms. The van der Waals surface area contributed by atoms with Crippen LogP contribution in [0.25, 0.3) is 22.5 Å². The minimum Gasteiger partial charge on any atom is -0.369 e. The summed E-state index contributed by atoms with van der Waals surface area (Å²) in [4.78, 5) is 13.7. The first-order valence-corrected chi connectivity index (χ1v) is 12.6. The Balaban J connectivity index is 1.82. The summed E-state index contributed by atoms with van der Waals surface area (Å²) in [6, 6.07) is 8.09. The maximum atomic E-state index is 11.6. The van der Waals surface area contributed by atoms with Gasteiger partial charge in [-0.3, -0.25) is 4.99 Å². The van der Waals surface area contributed by atoms with Gasteiger partial charge in [0.1, 0.15) is 5.82 Å². The third-order valence-electron chi connectivity index (χ3n) is 5.38. The highest BCUT2D eigenvalue weighted by molar-refractivity contribution is 7.88. The lowest BCUT2D eigenvalue weighted by Crippen LogP contribution is -2.51. The molecule has 1 N–H and O–H groups in total. The molecule has 7 nitrogen and oxygen atoms in total. The van der Waals surface area contributed by atoms with Crippen LogP contribution in [-0.2, 0) is 10.0 Å². The summed E-state index contributed by atoms with van der Waals surface area (Å²) in [5.74, 6) is 1.58. The van der Waals surface area contributed by atoms with E-state index in [0.29, 0.717) is 31.3 Å². The van der Waals surface area contributed by atoms with Gasteiger partial charge in [-0.05, 0) is 43.5 Å². The van der Waals surface area contributed by atoms with E-state index < -0.39 is 10.0 Å². The predicted molar refractivity (Wildman–Crippen MR) is 133 cm³/mol. The largest absolute Gasteiger partial charge is 0.369 e. The topological polar surface area (TPSA) is 87.6 Å². The van der Waals surface area contributed by atoms with Gasteiger partial charge in [0.2, 0.25) is 10.0 Å². The summed E-state index contributed by atoms with van der Waals surface area (Å²) in [5.41, 5.74) is 4.74. The smallest absolute Gasteiger partial charge is 0.211 e. The van der Waals surface area contributed by atoms with E-state index in [2.05, 4.69) is 27.9 Å². The number of benzene rings is 1. The minimum absolute atomic E-state index is 0.250. The molecule has 0 radical (unpaired) electrons. The van der Waals surface area contributed by atoms with Gasteiger partial charge in [-0.25, -0.2) is 22.7 Å². The summed E-state index contributed by atoms with van der Waals surface area (Å²) in [7, 11) is -3.11. The molecule has 0 bridgehead atoms. The minimum atomic E-state index is -3.11. The molecule has 0 amide bonds. The molecule has 0 spiro atoms. The van der Waals surface area contributed by atoms with Crippen LogP contribution in [0.3, 0.4) is 0 Å². The van der Waals surface area contributed by atoms with E-state index in [0.717, 1.165) is 34.4 Å². The second kappa shape index (κ2) is 10.2. The zero-order chi connectivity index (χ0) is 23.3. The highest BCUT2D eigenvalue weighted by Gasteiger charge is 2.32. The fraction of sp³-hybridized carbons (Fsp3) is 0.375. The van der Waals surface area contributed by atoms with Gasteiger partial charge in [0.25, 0.3) is 0 Å². The summed E-state index contributed by atoms with van der Waals surface area (Å²) in [6.07, 6.45) is 6.95. The van der Waals surface area contributed by atoms with Gasteiger partial charge in [-0.15, -0.1) is 0 Å². The average molecular weight is 454 g/mol. The summed E-state index contributed by atoms with van der Waals surface area (Å²) < 4.78 is 24.7. The fourth-order valence-electron chi connectivity index (χ4n) is 3.47. The number of sulfonamides is 1. The number of hydrogen-bond acceptors (Lipinski definition) is 6. The number of aliphatic imine (C=N–C) groups is 1. The Labute approximate surface area is 191 Å². The number of allylic oxidation sites excluding steroid dienone is 3. The lowest BCUT2D eigenvalue weighted by Gasteiger charge is -2.37. The van der Waals surface area contributed by atoms with E-state index in [1.807, 2.05) is 51.3 Å². The van der Waals surface area contributed by atoms with E-state index >= 15 is 0 Å². The Kier molecular flexibility index (Phi) is 7.58. The van der Waals surface area contributed by atoms with E-state index in [4.69, 9.17) is 4.98 Å². The first-order valence-electron chi connectivity index (χ1n) is 10.7. The van der Waals surface area contributed by atoms with Gasteiger partial charge in [0.15, 0.2) is 5.82 Å². The van der Waals surface area contributed by atoms with Crippen LogP contribution in [0.1, 0.15) is 31.9 Å². The van der Waals surface area contributed by atoms with Crippen molar-refractivity contribution >= 4 is 33.2 Å². The molecule has 1 aliphatic heterocycles. The van der Waals surface area contributed by atoms with Crippen molar-refractivity contribution in [2.75, 3.05) is 37.8 Å². The van der Waals surface area contributed by atoms with Gasteiger partial charge in [0.05, 0.1) is 6.26 Å². The van der Waals surface area contributed by atoms with Crippen molar-refractivity contribution in [1.82, 2.24) is 14.3 Å². The van der Waals surface area contributed by atoms with Crippen molar-refractivity contribution in [2.24, 2.45) is 10.9 Å². The van der Waals surface area contributed by atoms with E-state index in [9.17, 15) is 8.42 Å². The van der Waals surface area contributed by atoms with Gasteiger partial charge >= 0.3 is 0 Å². The van der Waals surface area contributed by atoms with Gasteiger partial charge < -0.3 is 5.32 Å². The van der Waals surface area contributed by atoms with Crippen LogP contribution in [0.15, 0.2) is 48.1 Å². The average Bonchev–Trinajstić information content (AvgIpc) is 2.72. The summed E-state index contributed by atoms with van der Waals surface area (Å²) in [6.45, 7) is 12.4. The van der Waals surface area contributed by atoms with E-state index in [1.54, 1.807) is 6.20 Å². The molecule has 0 atom stereocenters. The molecular weight excluding hydrogens is 422 g/mol. The van der Waals surface area contributed by atoms with Crippen molar-refractivity contribution < 1.29 is 8.42 Å². The van der Waals surface area contributed by atoms with Crippen LogP contribution in [0.4, 0.5) is 5.82 Å². The van der Waals surface area contributed by atoms with Crippen LogP contribution < -0.4 is 5.32 Å². The zero-order valence-corrected chi connectivity index (χ0v) is 20.0. The van der Waals surface area contributed by atoms with Crippen LogP contribution in [0.5, 0.6) is 0 Å². The van der Waals surface area contributed by atoms with E-state index in [1.165, 1.54) is 10.6 Å². The molecule has 1 aromatic carbocycles. The van der Waals surface area contributed by atoms with E-state index in [-0.39, 0.29) is 5.92 Å². The van der Waals surface area contributed by atoms with Crippen molar-refractivity contribution in [2.45, 2.75) is 20.8 Å². The van der Waals surface area contributed by atoms with Gasteiger partial charge in [-0.2, -0.15) is 0 Å². The van der Waals surface area contributed by atoms with Crippen LogP contribution in [0, 0.1) is 5.92 Å². The Morgan fingerprint density at radius 3 is 2.75 bits per heavy atom. The normalized spacial score (nSPS) is 15.7. The fourth-order valence-corrected chi connectivity index (χ4v) is 4.44. The number of nitrogens with one attached hydrogen (secondary N) is 1. The molecule has 0 saturated carbocycles. The highest BCUT2D eigenvalue weighted by atomic mass is 32.2. The standard InChI is InChI=1S/C24H31N5O2S/c1-6-19(13-25-7-2)20-9-8-10-21(11-20)23-27-14-22(17(3)4)24(28-23)26-12-18-15-29(16-18)32(5,30)31/h6,8-11,13-14,18H,3,7,12,15-16H2,1-2,4-5H3,(H,26,27,28)/b19-6+,25-13-. The van der Waals surface area contributed by atoms with Crippen molar-refractivity contribution in [3.05, 3.63) is 54.2 Å². The van der Waals surface area contributed by atoms with Gasteiger partial charge in [0, 0.05) is 55.6 Å². The third-order valence-corrected chi connectivity index (χ3v) is 6.61. The number of aromatic nitrogens is 2. The monoisotopic (exact) mass is 453 g/mol. The molecule has 2 aromatic rings. The highest BCUT2D eigenvalue weighted by Crippen LogP contribution is 2.27. The maximum absolute atomic E-state index is 11.6. The molecule has 170 valence electrons. The summed E-state index contributed by atoms with van der Waals surface area (Å²) >= 11 is 0. The van der Waals surface area contributed by atoms with Crippen molar-refractivity contribution in [3.8, 4) is 11.4 Å². The number of nitrogens with zero attached hydrogens (tertiary/aromatic N) is 4. The van der Waals surface area contributed by atoms with Crippen molar-refractivity contribution in [1.29, 1.82) is 0 Å². The van der Waals surface area contributed by atoms with Crippen LogP contribution in [-0.4, -0.2) is 61.3 Å². The number of anilines is 1. The second-order valence-corrected chi connectivity index (χ2v) is 10.00. The first kappa shape index (κ1) is 23.8. The Hall–Kier alpha value is -2.84. The number of hydrogen-bond donors (Lipinski definition) is 1. The Morgan fingerprint density at radius 1 is 1.38 bits per heavy atom. The first-order chi connectivity index (χ1) is 15.2. The lowest BCUT2D eigenvalue weighted by molar-refractivity contribution is 0.213. The maximum Gasteiger partial charge on any atom is 0.211 e. The molecule has 3 rings (SSSR count). The predicted octanol–water partition coefficient (Wildman–Crippen LogP) is 3.97. The third kappa shape index (κ3) is 5.69. The molecular formula is C24H31N5O2S. The quantitative estimate of drug-likeness (QED) is 0.581. The van der Waals surface area contributed by atoms with Gasteiger partial charge in [-0.1, -0.05) is 30.9 Å². The molecule has 1 fully saturated rings.